The minimum absolute atomic E-state index is 0.342. The van der Waals surface area contributed by atoms with Gasteiger partial charge in [-0.2, -0.15) is 0 Å². The number of rotatable bonds is 6. The van der Waals surface area contributed by atoms with Crippen molar-refractivity contribution in [1.29, 1.82) is 0 Å². The molecule has 1 aromatic carbocycles. The topological polar surface area (TPSA) is 30.5 Å². The van der Waals surface area contributed by atoms with E-state index in [9.17, 15) is 0 Å². The Kier molecular flexibility index (Phi) is 4.46. The summed E-state index contributed by atoms with van der Waals surface area (Å²) in [4.78, 5) is 1.39. The summed E-state index contributed by atoms with van der Waals surface area (Å²) < 4.78 is 10.8. The van der Waals surface area contributed by atoms with E-state index in [1.165, 1.54) is 10.4 Å². The summed E-state index contributed by atoms with van der Waals surface area (Å²) in [7, 11) is 0. The average Bonchev–Trinajstić information content (AvgIpc) is 3.15. The number of benzene rings is 1. The van der Waals surface area contributed by atoms with Crippen LogP contribution < -0.4 is 14.8 Å². The summed E-state index contributed by atoms with van der Waals surface area (Å²) in [5.74, 6) is 1.73. The number of fused-ring (bicyclic) bond motifs is 1. The molecule has 0 fully saturated rings. The molecule has 1 aromatic heterocycles. The van der Waals surface area contributed by atoms with Crippen molar-refractivity contribution in [1.82, 2.24) is 5.32 Å². The summed E-state index contributed by atoms with van der Waals surface area (Å²) in [5.41, 5.74) is 1.30. The number of thiophene rings is 1. The molecule has 4 heteroatoms. The predicted molar refractivity (Wildman–Crippen MR) is 86.2 cm³/mol. The van der Waals surface area contributed by atoms with Gasteiger partial charge in [0.05, 0.1) is 0 Å². The van der Waals surface area contributed by atoms with Crippen molar-refractivity contribution in [3.63, 3.8) is 0 Å². The molecule has 1 N–H and O–H groups in total. The molecule has 0 aliphatic carbocycles. The van der Waals surface area contributed by atoms with E-state index >= 15 is 0 Å². The first kappa shape index (κ1) is 14.4. The smallest absolute Gasteiger partial charge is 0.231 e. The summed E-state index contributed by atoms with van der Waals surface area (Å²) in [5, 5.41) is 5.79. The first-order valence-electron chi connectivity index (χ1n) is 7.40. The molecule has 0 spiro atoms. The Labute approximate surface area is 129 Å². The van der Waals surface area contributed by atoms with Crippen molar-refractivity contribution < 1.29 is 9.47 Å². The molecule has 21 heavy (non-hydrogen) atoms. The number of ether oxygens (including phenoxy) is 2. The molecular formula is C17H21NO2S. The van der Waals surface area contributed by atoms with Crippen molar-refractivity contribution in [2.75, 3.05) is 6.79 Å². The zero-order chi connectivity index (χ0) is 14.7. The Balaban J connectivity index is 1.50. The minimum Gasteiger partial charge on any atom is -0.454 e. The van der Waals surface area contributed by atoms with Crippen LogP contribution in [0.15, 0.2) is 35.7 Å². The van der Waals surface area contributed by atoms with Gasteiger partial charge in [0.2, 0.25) is 6.79 Å². The highest BCUT2D eigenvalue weighted by atomic mass is 32.1. The van der Waals surface area contributed by atoms with Gasteiger partial charge in [-0.3, -0.25) is 0 Å². The van der Waals surface area contributed by atoms with Gasteiger partial charge >= 0.3 is 0 Å². The fourth-order valence-corrected chi connectivity index (χ4v) is 3.35. The third-order valence-electron chi connectivity index (χ3n) is 3.81. The Hall–Kier alpha value is -1.52. The maximum Gasteiger partial charge on any atom is 0.231 e. The standard InChI is InChI=1S/C17H21NO2S/c1-12(18-13(2)17-4-3-9-21-17)5-6-14-7-8-15-16(10-14)20-11-19-15/h3-4,7-10,12-13,18H,5-6,11H2,1-2H3/t12?,13-/m1/s1. The SMILES string of the molecule is CC(CCc1ccc2c(c1)OCO2)N[C@H](C)c1cccs1. The maximum absolute atomic E-state index is 5.42. The van der Waals surface area contributed by atoms with E-state index in [4.69, 9.17) is 9.47 Å². The van der Waals surface area contributed by atoms with Crippen LogP contribution in [0.1, 0.15) is 36.8 Å². The van der Waals surface area contributed by atoms with Gasteiger partial charge in [-0.25, -0.2) is 0 Å². The summed E-state index contributed by atoms with van der Waals surface area (Å²) in [6.07, 6.45) is 2.15. The molecule has 112 valence electrons. The van der Waals surface area contributed by atoms with Crippen molar-refractivity contribution in [3.05, 3.63) is 46.2 Å². The third-order valence-corrected chi connectivity index (χ3v) is 4.86. The lowest BCUT2D eigenvalue weighted by Crippen LogP contribution is -2.28. The molecular weight excluding hydrogens is 282 g/mol. The van der Waals surface area contributed by atoms with E-state index in [2.05, 4.69) is 48.8 Å². The monoisotopic (exact) mass is 303 g/mol. The first-order valence-corrected chi connectivity index (χ1v) is 8.28. The second kappa shape index (κ2) is 6.50. The van der Waals surface area contributed by atoms with Crippen LogP contribution in [0.5, 0.6) is 11.5 Å². The van der Waals surface area contributed by atoms with Crippen molar-refractivity contribution >= 4 is 11.3 Å². The fraction of sp³-hybridized carbons (Fsp3) is 0.412. The van der Waals surface area contributed by atoms with E-state index in [1.807, 2.05) is 17.4 Å². The van der Waals surface area contributed by atoms with Crippen LogP contribution in [0.3, 0.4) is 0 Å². The van der Waals surface area contributed by atoms with Crippen molar-refractivity contribution in [2.45, 2.75) is 38.8 Å². The van der Waals surface area contributed by atoms with Crippen LogP contribution in [0, 0.1) is 0 Å². The third kappa shape index (κ3) is 3.57. The summed E-state index contributed by atoms with van der Waals surface area (Å²) in [6, 6.07) is 11.4. The van der Waals surface area contributed by atoms with Crippen molar-refractivity contribution in [2.24, 2.45) is 0 Å². The first-order chi connectivity index (χ1) is 10.2. The van der Waals surface area contributed by atoms with E-state index < -0.39 is 0 Å². The van der Waals surface area contributed by atoms with Crippen LogP contribution in [-0.2, 0) is 6.42 Å². The van der Waals surface area contributed by atoms with Crippen LogP contribution >= 0.6 is 11.3 Å². The van der Waals surface area contributed by atoms with Gasteiger partial charge < -0.3 is 14.8 Å². The van der Waals surface area contributed by atoms with E-state index in [0.29, 0.717) is 18.9 Å². The molecule has 1 aliphatic heterocycles. The maximum atomic E-state index is 5.42. The molecule has 2 heterocycles. The average molecular weight is 303 g/mol. The normalized spacial score (nSPS) is 15.9. The summed E-state index contributed by atoms with van der Waals surface area (Å²) in [6.45, 7) is 4.81. The molecule has 2 aromatic rings. The van der Waals surface area contributed by atoms with E-state index in [0.717, 1.165) is 24.3 Å². The lowest BCUT2D eigenvalue weighted by Gasteiger charge is -2.19. The molecule has 3 rings (SSSR count). The second-order valence-electron chi connectivity index (χ2n) is 5.53. The molecule has 0 radical (unpaired) electrons. The molecule has 2 atom stereocenters. The lowest BCUT2D eigenvalue weighted by atomic mass is 10.0. The number of nitrogens with one attached hydrogen (secondary N) is 1. The summed E-state index contributed by atoms with van der Waals surface area (Å²) >= 11 is 1.81. The van der Waals surface area contributed by atoms with Gasteiger partial charge in [0.1, 0.15) is 0 Å². The zero-order valence-electron chi connectivity index (χ0n) is 12.5. The number of aryl methyl sites for hydroxylation is 1. The van der Waals surface area contributed by atoms with E-state index in [-0.39, 0.29) is 0 Å². The Morgan fingerprint density at radius 3 is 2.86 bits per heavy atom. The lowest BCUT2D eigenvalue weighted by molar-refractivity contribution is 0.174. The number of hydrogen-bond acceptors (Lipinski definition) is 4. The van der Waals surface area contributed by atoms with Gasteiger partial charge in [-0.05, 0) is 55.8 Å². The molecule has 1 aliphatic rings. The highest BCUT2D eigenvalue weighted by molar-refractivity contribution is 7.10. The molecule has 0 saturated heterocycles. The molecule has 3 nitrogen and oxygen atoms in total. The Morgan fingerprint density at radius 2 is 2.05 bits per heavy atom. The van der Waals surface area contributed by atoms with Gasteiger partial charge in [-0.1, -0.05) is 12.1 Å². The highest BCUT2D eigenvalue weighted by Crippen LogP contribution is 2.32. The number of hydrogen-bond donors (Lipinski definition) is 1. The fourth-order valence-electron chi connectivity index (χ4n) is 2.61. The highest BCUT2D eigenvalue weighted by Gasteiger charge is 2.14. The predicted octanol–water partition coefficient (Wildman–Crippen LogP) is 4.15. The molecule has 0 bridgehead atoms. The van der Waals surface area contributed by atoms with Crippen LogP contribution in [0.2, 0.25) is 0 Å². The zero-order valence-corrected chi connectivity index (χ0v) is 13.3. The Bertz CT molecular complexity index is 582. The largest absolute Gasteiger partial charge is 0.454 e. The quantitative estimate of drug-likeness (QED) is 0.869. The minimum atomic E-state index is 0.342. The van der Waals surface area contributed by atoms with Gasteiger partial charge in [0.25, 0.3) is 0 Å². The van der Waals surface area contributed by atoms with Crippen LogP contribution in [-0.4, -0.2) is 12.8 Å². The second-order valence-corrected chi connectivity index (χ2v) is 6.51. The van der Waals surface area contributed by atoms with Gasteiger partial charge in [0, 0.05) is 17.0 Å². The van der Waals surface area contributed by atoms with E-state index in [1.54, 1.807) is 0 Å². The van der Waals surface area contributed by atoms with Crippen LogP contribution in [0.4, 0.5) is 0 Å². The van der Waals surface area contributed by atoms with Gasteiger partial charge in [-0.15, -0.1) is 11.3 Å². The van der Waals surface area contributed by atoms with Gasteiger partial charge in [0.15, 0.2) is 11.5 Å². The van der Waals surface area contributed by atoms with Crippen molar-refractivity contribution in [3.8, 4) is 11.5 Å². The molecule has 0 saturated carbocycles. The van der Waals surface area contributed by atoms with Crippen LogP contribution in [0.25, 0.3) is 0 Å². The molecule has 0 amide bonds. The Morgan fingerprint density at radius 1 is 1.19 bits per heavy atom. The molecule has 1 unspecified atom stereocenters.